The maximum absolute atomic E-state index is 13.7. The summed E-state index contributed by atoms with van der Waals surface area (Å²) in [4.78, 5) is 7.78. The molecule has 1 heterocycles. The first-order valence-corrected chi connectivity index (χ1v) is 5.18. The molecule has 15 heavy (non-hydrogen) atoms. The van der Waals surface area contributed by atoms with Gasteiger partial charge in [-0.15, -0.1) is 0 Å². The van der Waals surface area contributed by atoms with Gasteiger partial charge in [0.25, 0.3) is 0 Å². The molecule has 3 N–H and O–H groups in total. The number of halogens is 1. The number of hydrogen-bond donors (Lipinski definition) is 2. The topological polar surface area (TPSA) is 63.8 Å². The molecule has 0 spiro atoms. The van der Waals surface area contributed by atoms with Crippen LogP contribution >= 0.6 is 0 Å². The lowest BCUT2D eigenvalue weighted by atomic mass is 10.2. The predicted octanol–water partition coefficient (Wildman–Crippen LogP) is 1.08. The van der Waals surface area contributed by atoms with Crippen molar-refractivity contribution >= 4 is 5.82 Å². The first kappa shape index (κ1) is 10.3. The van der Waals surface area contributed by atoms with Crippen molar-refractivity contribution in [2.24, 2.45) is 5.73 Å². The highest BCUT2D eigenvalue weighted by atomic mass is 19.1. The number of nitrogens with two attached hydrogens (primary N) is 1. The highest BCUT2D eigenvalue weighted by Gasteiger charge is 2.42. The summed E-state index contributed by atoms with van der Waals surface area (Å²) in [6, 6.07) is 0. The molecule has 0 saturated heterocycles. The van der Waals surface area contributed by atoms with Crippen LogP contribution in [-0.2, 0) is 6.42 Å². The summed E-state index contributed by atoms with van der Waals surface area (Å²) in [6.45, 7) is 2.38. The first-order valence-electron chi connectivity index (χ1n) is 5.18. The number of hydrogen-bond acceptors (Lipinski definition) is 4. The van der Waals surface area contributed by atoms with Crippen molar-refractivity contribution in [2.45, 2.75) is 31.7 Å². The predicted molar refractivity (Wildman–Crippen MR) is 56.0 cm³/mol. The van der Waals surface area contributed by atoms with E-state index in [1.54, 1.807) is 0 Å². The van der Waals surface area contributed by atoms with Gasteiger partial charge < -0.3 is 11.1 Å². The van der Waals surface area contributed by atoms with Crippen LogP contribution in [0.15, 0.2) is 6.33 Å². The van der Waals surface area contributed by atoms with Gasteiger partial charge in [0.05, 0.1) is 11.2 Å². The Morgan fingerprint density at radius 2 is 2.27 bits per heavy atom. The lowest BCUT2D eigenvalue weighted by Crippen LogP contribution is -2.31. The third kappa shape index (κ3) is 1.92. The van der Waals surface area contributed by atoms with Crippen LogP contribution in [0.2, 0.25) is 0 Å². The van der Waals surface area contributed by atoms with Crippen LogP contribution in [0.25, 0.3) is 0 Å². The highest BCUT2D eigenvalue weighted by Crippen LogP contribution is 2.37. The van der Waals surface area contributed by atoms with E-state index in [9.17, 15) is 4.39 Å². The van der Waals surface area contributed by atoms with Gasteiger partial charge in [-0.1, -0.05) is 6.92 Å². The maximum Gasteiger partial charge on any atom is 0.186 e. The van der Waals surface area contributed by atoms with Crippen molar-refractivity contribution in [3.05, 3.63) is 17.8 Å². The third-order valence-corrected chi connectivity index (χ3v) is 2.82. The summed E-state index contributed by atoms with van der Waals surface area (Å²) < 4.78 is 13.7. The molecule has 5 heteroatoms. The Balaban J connectivity index is 2.21. The van der Waals surface area contributed by atoms with Gasteiger partial charge in [-0.3, -0.25) is 0 Å². The molecule has 0 bridgehead atoms. The van der Waals surface area contributed by atoms with E-state index in [2.05, 4.69) is 15.3 Å². The Bertz CT molecular complexity index is 362. The van der Waals surface area contributed by atoms with Crippen LogP contribution in [0.4, 0.5) is 10.2 Å². The Kier molecular flexibility index (Phi) is 2.56. The molecule has 0 radical (unpaired) electrons. The fourth-order valence-electron chi connectivity index (χ4n) is 1.52. The molecule has 0 aliphatic heterocycles. The minimum absolute atomic E-state index is 0.125. The zero-order valence-corrected chi connectivity index (χ0v) is 8.76. The van der Waals surface area contributed by atoms with E-state index in [1.165, 1.54) is 6.33 Å². The number of rotatable bonds is 4. The summed E-state index contributed by atoms with van der Waals surface area (Å²) in [7, 11) is 0. The van der Waals surface area contributed by atoms with Crippen molar-refractivity contribution in [3.63, 3.8) is 0 Å². The lowest BCUT2D eigenvalue weighted by molar-refractivity contribution is 0.590. The van der Waals surface area contributed by atoms with E-state index in [1.807, 2.05) is 6.92 Å². The third-order valence-electron chi connectivity index (χ3n) is 2.82. The molecule has 2 rings (SSSR count). The average molecular weight is 210 g/mol. The van der Waals surface area contributed by atoms with Gasteiger partial charge in [0.15, 0.2) is 11.6 Å². The van der Waals surface area contributed by atoms with E-state index in [-0.39, 0.29) is 17.2 Å². The molecule has 4 nitrogen and oxygen atoms in total. The van der Waals surface area contributed by atoms with Crippen LogP contribution in [0.3, 0.4) is 0 Å². The van der Waals surface area contributed by atoms with Crippen LogP contribution in [0.5, 0.6) is 0 Å². The van der Waals surface area contributed by atoms with Crippen molar-refractivity contribution in [3.8, 4) is 0 Å². The number of aryl methyl sites for hydroxylation is 1. The van der Waals surface area contributed by atoms with E-state index < -0.39 is 0 Å². The largest absolute Gasteiger partial charge is 0.361 e. The number of anilines is 1. The van der Waals surface area contributed by atoms with Gasteiger partial charge in [0.1, 0.15) is 6.33 Å². The van der Waals surface area contributed by atoms with Crippen LogP contribution < -0.4 is 11.1 Å². The number of nitrogens with zero attached hydrogens (tertiary/aromatic N) is 2. The average Bonchev–Trinajstić information content (AvgIpc) is 3.02. The zero-order chi connectivity index (χ0) is 10.9. The molecule has 0 aromatic carbocycles. The minimum atomic E-state index is -0.347. The summed E-state index contributed by atoms with van der Waals surface area (Å²) in [6.07, 6.45) is 3.91. The summed E-state index contributed by atoms with van der Waals surface area (Å²) in [5, 5.41) is 3.07. The Morgan fingerprint density at radius 1 is 1.53 bits per heavy atom. The standard InChI is InChI=1S/C10H15FN4/c1-2-7-8(11)9(14-6-13-7)15-10(5-12)3-4-10/h6H,2-5,12H2,1H3,(H,13,14,15). The fourth-order valence-corrected chi connectivity index (χ4v) is 1.52. The summed E-state index contributed by atoms with van der Waals surface area (Å²) >= 11 is 0. The maximum atomic E-state index is 13.7. The Labute approximate surface area is 88.1 Å². The van der Waals surface area contributed by atoms with E-state index in [0.717, 1.165) is 12.8 Å². The van der Waals surface area contributed by atoms with Gasteiger partial charge in [-0.05, 0) is 19.3 Å². The molecule has 0 amide bonds. The summed E-state index contributed by atoms with van der Waals surface area (Å²) in [5.74, 6) is -0.0653. The van der Waals surface area contributed by atoms with Crippen molar-refractivity contribution in [1.29, 1.82) is 0 Å². The van der Waals surface area contributed by atoms with Gasteiger partial charge in [-0.2, -0.15) is 0 Å². The highest BCUT2D eigenvalue weighted by molar-refractivity contribution is 5.42. The molecule has 1 aliphatic carbocycles. The second-order valence-electron chi connectivity index (χ2n) is 3.95. The normalized spacial score (nSPS) is 17.5. The van der Waals surface area contributed by atoms with Crippen LogP contribution in [0, 0.1) is 5.82 Å². The van der Waals surface area contributed by atoms with Gasteiger partial charge >= 0.3 is 0 Å². The molecular weight excluding hydrogens is 195 g/mol. The quantitative estimate of drug-likeness (QED) is 0.780. The summed E-state index contributed by atoms with van der Waals surface area (Å²) in [5.41, 5.74) is 5.93. The second-order valence-corrected chi connectivity index (χ2v) is 3.95. The zero-order valence-electron chi connectivity index (χ0n) is 8.76. The lowest BCUT2D eigenvalue weighted by Gasteiger charge is -2.16. The van der Waals surface area contributed by atoms with Gasteiger partial charge in [0.2, 0.25) is 0 Å². The van der Waals surface area contributed by atoms with E-state index in [0.29, 0.717) is 18.7 Å². The monoisotopic (exact) mass is 210 g/mol. The molecule has 0 unspecified atom stereocenters. The molecule has 1 fully saturated rings. The SMILES string of the molecule is CCc1ncnc(NC2(CN)CC2)c1F. The number of nitrogens with one attached hydrogen (secondary N) is 1. The molecule has 82 valence electrons. The second kappa shape index (κ2) is 3.73. The van der Waals surface area contributed by atoms with Gasteiger partial charge in [0, 0.05) is 6.54 Å². The van der Waals surface area contributed by atoms with E-state index >= 15 is 0 Å². The van der Waals surface area contributed by atoms with Crippen molar-refractivity contribution < 1.29 is 4.39 Å². The molecule has 1 aromatic heterocycles. The smallest absolute Gasteiger partial charge is 0.186 e. The minimum Gasteiger partial charge on any atom is -0.361 e. The van der Waals surface area contributed by atoms with Crippen LogP contribution in [-0.4, -0.2) is 22.1 Å². The van der Waals surface area contributed by atoms with Crippen LogP contribution in [0.1, 0.15) is 25.5 Å². The molecular formula is C10H15FN4. The van der Waals surface area contributed by atoms with Crippen molar-refractivity contribution in [1.82, 2.24) is 9.97 Å². The van der Waals surface area contributed by atoms with Gasteiger partial charge in [-0.25, -0.2) is 14.4 Å². The molecule has 1 saturated carbocycles. The molecule has 1 aliphatic rings. The van der Waals surface area contributed by atoms with E-state index in [4.69, 9.17) is 5.73 Å². The molecule has 1 aromatic rings. The number of aromatic nitrogens is 2. The Hall–Kier alpha value is -1.23. The fraction of sp³-hybridized carbons (Fsp3) is 0.600. The Morgan fingerprint density at radius 3 is 2.80 bits per heavy atom. The molecule has 0 atom stereocenters. The van der Waals surface area contributed by atoms with Crippen molar-refractivity contribution in [2.75, 3.05) is 11.9 Å². The first-order chi connectivity index (χ1) is 7.21.